The molecule has 1 N–H and O–H groups in total. The number of tetrazole rings is 1. The first-order valence-corrected chi connectivity index (χ1v) is 6.06. The zero-order valence-corrected chi connectivity index (χ0v) is 11.2. The third-order valence-corrected chi connectivity index (χ3v) is 3.15. The Morgan fingerprint density at radius 3 is 3.00 bits per heavy atom. The van der Waals surface area contributed by atoms with Gasteiger partial charge in [0.25, 0.3) is 0 Å². The molecule has 0 amide bonds. The lowest BCUT2D eigenvalue weighted by atomic mass is 10.2. The lowest BCUT2D eigenvalue weighted by Gasteiger charge is -2.16. The van der Waals surface area contributed by atoms with Crippen LogP contribution in [0.4, 0.5) is 5.95 Å². The number of nitrogens with one attached hydrogen (secondary N) is 1. The smallest absolute Gasteiger partial charge is 0.207 e. The molecule has 7 nitrogen and oxygen atoms in total. The number of aryl methyl sites for hydroxylation is 2. The van der Waals surface area contributed by atoms with Crippen LogP contribution in [0.15, 0.2) is 12.4 Å². The highest BCUT2D eigenvalue weighted by Gasteiger charge is 2.09. The number of H-pyrrole nitrogens is 1. The van der Waals surface area contributed by atoms with E-state index in [2.05, 4.69) is 25.5 Å². The Bertz CT molecular complexity index is 504. The molecule has 2 aromatic heterocycles. The van der Waals surface area contributed by atoms with Crippen molar-refractivity contribution in [1.82, 2.24) is 30.2 Å². The van der Waals surface area contributed by atoms with Gasteiger partial charge in [-0.3, -0.25) is 0 Å². The van der Waals surface area contributed by atoms with Crippen molar-refractivity contribution in [2.75, 3.05) is 11.9 Å². The van der Waals surface area contributed by atoms with Gasteiger partial charge < -0.3 is 9.88 Å². The minimum absolute atomic E-state index is 0.764. The minimum Gasteiger partial charge on any atom is -0.331 e. The van der Waals surface area contributed by atoms with Crippen molar-refractivity contribution >= 4 is 23.2 Å². The summed E-state index contributed by atoms with van der Waals surface area (Å²) in [6.07, 6.45) is 6.02. The summed E-state index contributed by atoms with van der Waals surface area (Å²) in [5, 5.41) is 11.3. The maximum Gasteiger partial charge on any atom is 0.207 e. The first kappa shape index (κ1) is 12.6. The molecule has 2 rings (SSSR count). The Morgan fingerprint density at radius 1 is 1.56 bits per heavy atom. The number of aromatic amines is 1. The molecule has 0 aliphatic heterocycles. The second-order valence-corrected chi connectivity index (χ2v) is 4.41. The van der Waals surface area contributed by atoms with Crippen molar-refractivity contribution in [2.45, 2.75) is 19.3 Å². The van der Waals surface area contributed by atoms with Gasteiger partial charge in [-0.15, -0.1) is 5.10 Å². The van der Waals surface area contributed by atoms with E-state index in [4.69, 9.17) is 12.2 Å². The SMILES string of the molecule is CN(C(=S)CCCc1nnnn1C)c1ncc[nH]1. The molecule has 8 heteroatoms. The molecule has 0 spiro atoms. The highest BCUT2D eigenvalue weighted by atomic mass is 32.1. The van der Waals surface area contributed by atoms with Crippen LogP contribution in [-0.2, 0) is 13.5 Å². The lowest BCUT2D eigenvalue weighted by Crippen LogP contribution is -2.25. The molecule has 2 aromatic rings. The average Bonchev–Trinajstić information content (AvgIpc) is 3.00. The molecule has 0 unspecified atom stereocenters. The Hall–Kier alpha value is -1.83. The fourth-order valence-electron chi connectivity index (χ4n) is 1.58. The van der Waals surface area contributed by atoms with Crippen molar-refractivity contribution in [1.29, 1.82) is 0 Å². The van der Waals surface area contributed by atoms with Crippen molar-refractivity contribution in [2.24, 2.45) is 7.05 Å². The lowest BCUT2D eigenvalue weighted by molar-refractivity contribution is 0.663. The topological polar surface area (TPSA) is 75.5 Å². The van der Waals surface area contributed by atoms with Crippen LogP contribution >= 0.6 is 12.2 Å². The fourth-order valence-corrected chi connectivity index (χ4v) is 1.81. The summed E-state index contributed by atoms with van der Waals surface area (Å²) in [5.41, 5.74) is 0. The third-order valence-electron chi connectivity index (χ3n) is 2.67. The Balaban J connectivity index is 1.80. The molecule has 0 saturated heterocycles. The number of rotatable bonds is 5. The zero-order valence-electron chi connectivity index (χ0n) is 10.4. The first-order valence-electron chi connectivity index (χ1n) is 5.65. The van der Waals surface area contributed by atoms with E-state index in [1.807, 2.05) is 19.0 Å². The van der Waals surface area contributed by atoms with E-state index in [1.54, 1.807) is 17.1 Å². The molecule has 18 heavy (non-hydrogen) atoms. The molecule has 96 valence electrons. The molecule has 0 saturated carbocycles. The Kier molecular flexibility index (Phi) is 3.98. The normalized spacial score (nSPS) is 10.6. The van der Waals surface area contributed by atoms with E-state index in [0.29, 0.717) is 0 Å². The second-order valence-electron chi connectivity index (χ2n) is 3.94. The summed E-state index contributed by atoms with van der Waals surface area (Å²) >= 11 is 5.36. The number of hydrogen-bond donors (Lipinski definition) is 1. The predicted molar refractivity (Wildman–Crippen MR) is 71.3 cm³/mol. The van der Waals surface area contributed by atoms with Gasteiger partial charge in [0.2, 0.25) is 5.95 Å². The average molecular weight is 265 g/mol. The van der Waals surface area contributed by atoms with Crippen molar-refractivity contribution in [3.63, 3.8) is 0 Å². The zero-order chi connectivity index (χ0) is 13.0. The Morgan fingerprint density at radius 2 is 2.39 bits per heavy atom. The van der Waals surface area contributed by atoms with E-state index < -0.39 is 0 Å². The van der Waals surface area contributed by atoms with Crippen molar-refractivity contribution < 1.29 is 0 Å². The number of anilines is 1. The highest BCUT2D eigenvalue weighted by Crippen LogP contribution is 2.09. The minimum atomic E-state index is 0.764. The predicted octanol–water partition coefficient (Wildman–Crippen LogP) is 0.720. The van der Waals surface area contributed by atoms with Crippen LogP contribution in [0.1, 0.15) is 18.7 Å². The summed E-state index contributed by atoms with van der Waals surface area (Å²) < 4.78 is 1.68. The fraction of sp³-hybridized carbons (Fsp3) is 0.500. The van der Waals surface area contributed by atoms with E-state index in [-0.39, 0.29) is 0 Å². The number of nitrogens with zero attached hydrogens (tertiary/aromatic N) is 6. The summed E-state index contributed by atoms with van der Waals surface area (Å²) in [6.45, 7) is 0. The maximum absolute atomic E-state index is 5.36. The van der Waals surface area contributed by atoms with E-state index in [9.17, 15) is 0 Å². The molecule has 0 radical (unpaired) electrons. The van der Waals surface area contributed by atoms with E-state index in [1.165, 1.54) is 0 Å². The Labute approximate surface area is 110 Å². The quantitative estimate of drug-likeness (QED) is 0.803. The summed E-state index contributed by atoms with van der Waals surface area (Å²) in [5.74, 6) is 1.64. The molecule has 0 aliphatic rings. The first-order chi connectivity index (χ1) is 8.68. The van der Waals surface area contributed by atoms with E-state index in [0.717, 1.165) is 36.0 Å². The van der Waals surface area contributed by atoms with Gasteiger partial charge in [-0.25, -0.2) is 9.67 Å². The number of imidazole rings is 1. The third kappa shape index (κ3) is 2.89. The standard InChI is InChI=1S/C10H15N7S/c1-16(10-11-6-7-12-10)9(18)5-3-4-8-13-14-15-17(8)2/h6-7H,3-5H2,1-2H3,(H,11,12). The van der Waals surface area contributed by atoms with Crippen LogP contribution in [0.2, 0.25) is 0 Å². The summed E-state index contributed by atoms with van der Waals surface area (Å²) in [4.78, 5) is 9.90. The summed E-state index contributed by atoms with van der Waals surface area (Å²) in [7, 11) is 3.74. The molecular weight excluding hydrogens is 250 g/mol. The van der Waals surface area contributed by atoms with Crippen molar-refractivity contribution in [3.8, 4) is 0 Å². The number of aromatic nitrogens is 6. The number of thiocarbonyl (C=S) groups is 1. The van der Waals surface area contributed by atoms with Crippen LogP contribution in [0.5, 0.6) is 0 Å². The molecular formula is C10H15N7S. The largest absolute Gasteiger partial charge is 0.331 e. The number of hydrogen-bond acceptors (Lipinski definition) is 5. The van der Waals surface area contributed by atoms with Gasteiger partial charge in [-0.05, 0) is 23.3 Å². The van der Waals surface area contributed by atoms with Gasteiger partial charge in [0.1, 0.15) is 0 Å². The maximum atomic E-state index is 5.36. The second kappa shape index (κ2) is 5.67. The summed E-state index contributed by atoms with van der Waals surface area (Å²) in [6, 6.07) is 0. The van der Waals surface area contributed by atoms with Gasteiger partial charge in [0, 0.05) is 32.9 Å². The van der Waals surface area contributed by atoms with Crippen LogP contribution in [0, 0.1) is 0 Å². The van der Waals surface area contributed by atoms with Gasteiger partial charge in [0.15, 0.2) is 5.82 Å². The van der Waals surface area contributed by atoms with Gasteiger partial charge in [-0.1, -0.05) is 12.2 Å². The monoisotopic (exact) mass is 265 g/mol. The molecule has 0 fully saturated rings. The van der Waals surface area contributed by atoms with Crippen LogP contribution in [0.25, 0.3) is 0 Å². The van der Waals surface area contributed by atoms with Gasteiger partial charge in [0.05, 0.1) is 4.99 Å². The van der Waals surface area contributed by atoms with E-state index >= 15 is 0 Å². The molecule has 0 bridgehead atoms. The highest BCUT2D eigenvalue weighted by molar-refractivity contribution is 7.80. The van der Waals surface area contributed by atoms with Gasteiger partial charge in [-0.2, -0.15) is 0 Å². The van der Waals surface area contributed by atoms with Crippen molar-refractivity contribution in [3.05, 3.63) is 18.2 Å². The molecule has 0 aromatic carbocycles. The molecule has 0 aliphatic carbocycles. The van der Waals surface area contributed by atoms with Crippen LogP contribution in [-0.4, -0.2) is 42.2 Å². The van der Waals surface area contributed by atoms with Crippen LogP contribution < -0.4 is 4.90 Å². The van der Waals surface area contributed by atoms with Crippen LogP contribution in [0.3, 0.4) is 0 Å². The molecule has 2 heterocycles. The van der Waals surface area contributed by atoms with Gasteiger partial charge >= 0.3 is 0 Å². The molecule has 0 atom stereocenters.